The minimum absolute atomic E-state index is 0. The first kappa shape index (κ1) is 21.7. The van der Waals surface area contributed by atoms with Gasteiger partial charge in [0.05, 0.1) is 19.4 Å². The van der Waals surface area contributed by atoms with Crippen molar-refractivity contribution in [1.29, 1.82) is 0 Å². The molecule has 0 fully saturated rings. The molecule has 0 amide bonds. The van der Waals surface area contributed by atoms with Gasteiger partial charge in [-0.15, -0.1) is 24.0 Å². The summed E-state index contributed by atoms with van der Waals surface area (Å²) in [6.07, 6.45) is 3.26. The number of nitrogens with one attached hydrogen (secondary N) is 2. The Morgan fingerprint density at radius 2 is 2.07 bits per heavy atom. The quantitative estimate of drug-likeness (QED) is 0.287. The Labute approximate surface area is 180 Å². The van der Waals surface area contributed by atoms with Crippen molar-refractivity contribution < 1.29 is 13.5 Å². The zero-order chi connectivity index (χ0) is 18.9. The van der Waals surface area contributed by atoms with Gasteiger partial charge in [-0.2, -0.15) is 0 Å². The van der Waals surface area contributed by atoms with E-state index in [1.54, 1.807) is 24.6 Å². The number of rotatable bonds is 7. The van der Waals surface area contributed by atoms with Crippen molar-refractivity contribution in [2.45, 2.75) is 20.0 Å². The third-order valence-electron chi connectivity index (χ3n) is 3.62. The van der Waals surface area contributed by atoms with E-state index in [1.807, 2.05) is 31.2 Å². The number of pyridine rings is 1. The van der Waals surface area contributed by atoms with E-state index >= 15 is 0 Å². The smallest absolute Gasteiger partial charge is 0.224 e. The molecule has 0 atom stereocenters. The monoisotopic (exact) mass is 496 g/mol. The number of ether oxygens (including phenoxy) is 1. The Hall–Kier alpha value is -2.62. The first-order valence-corrected chi connectivity index (χ1v) is 8.66. The van der Waals surface area contributed by atoms with Gasteiger partial charge in [-0.1, -0.05) is 12.1 Å². The summed E-state index contributed by atoms with van der Waals surface area (Å²) in [7, 11) is 0. The van der Waals surface area contributed by atoms with Crippen LogP contribution in [-0.4, -0.2) is 17.5 Å². The number of halogens is 2. The second-order valence-corrected chi connectivity index (χ2v) is 5.66. The fourth-order valence-electron chi connectivity index (χ4n) is 2.37. The van der Waals surface area contributed by atoms with E-state index in [4.69, 9.17) is 9.15 Å². The maximum Gasteiger partial charge on any atom is 0.224 e. The minimum atomic E-state index is -0.362. The molecule has 0 aliphatic rings. The summed E-state index contributed by atoms with van der Waals surface area (Å²) in [4.78, 5) is 8.81. The van der Waals surface area contributed by atoms with Gasteiger partial charge in [0.1, 0.15) is 17.3 Å². The summed E-state index contributed by atoms with van der Waals surface area (Å²) in [5.41, 5.74) is 0.789. The molecule has 2 aromatic heterocycles. The van der Waals surface area contributed by atoms with Gasteiger partial charge in [0.15, 0.2) is 5.96 Å². The van der Waals surface area contributed by atoms with Crippen LogP contribution in [-0.2, 0) is 13.1 Å². The van der Waals surface area contributed by atoms with Crippen LogP contribution in [0.2, 0.25) is 0 Å². The Bertz CT molecular complexity index is 887. The zero-order valence-corrected chi connectivity index (χ0v) is 17.7. The van der Waals surface area contributed by atoms with E-state index in [-0.39, 0.29) is 29.8 Å². The Balaban J connectivity index is 0.00000280. The standard InChI is InChI=1S/C20H21FN4O2.HI/c1-2-22-20(25-14-18-9-5-11-26-18)24-13-15-6-4-10-23-19(15)27-17-8-3-7-16(21)12-17;/h3-12H,2,13-14H2,1H3,(H2,22,24,25);1H. The average molecular weight is 496 g/mol. The Morgan fingerprint density at radius 1 is 1.18 bits per heavy atom. The Morgan fingerprint density at radius 3 is 2.82 bits per heavy atom. The average Bonchev–Trinajstić information content (AvgIpc) is 3.19. The van der Waals surface area contributed by atoms with E-state index in [0.29, 0.717) is 30.7 Å². The lowest BCUT2D eigenvalue weighted by molar-refractivity contribution is 0.452. The van der Waals surface area contributed by atoms with Crippen molar-refractivity contribution in [3.8, 4) is 11.6 Å². The van der Waals surface area contributed by atoms with Gasteiger partial charge in [-0.05, 0) is 37.3 Å². The number of furan rings is 1. The number of nitrogens with zero attached hydrogens (tertiary/aromatic N) is 2. The molecule has 6 nitrogen and oxygen atoms in total. The molecule has 0 saturated carbocycles. The van der Waals surface area contributed by atoms with Crippen molar-refractivity contribution in [3.05, 3.63) is 78.1 Å². The van der Waals surface area contributed by atoms with Crippen LogP contribution >= 0.6 is 24.0 Å². The largest absolute Gasteiger partial charge is 0.467 e. The third kappa shape index (κ3) is 6.52. The van der Waals surface area contributed by atoms with Gasteiger partial charge in [0.2, 0.25) is 5.88 Å². The van der Waals surface area contributed by atoms with E-state index < -0.39 is 0 Å². The third-order valence-corrected chi connectivity index (χ3v) is 3.62. The molecule has 0 aliphatic heterocycles. The molecule has 0 aliphatic carbocycles. The molecule has 3 rings (SSSR count). The summed E-state index contributed by atoms with van der Waals surface area (Å²) in [5.74, 6) is 1.89. The topological polar surface area (TPSA) is 71.7 Å². The van der Waals surface area contributed by atoms with Crippen molar-refractivity contribution >= 4 is 29.9 Å². The molecule has 2 N–H and O–H groups in total. The summed E-state index contributed by atoms with van der Waals surface area (Å²) in [6.45, 7) is 3.60. The minimum Gasteiger partial charge on any atom is -0.467 e. The van der Waals surface area contributed by atoms with Crippen molar-refractivity contribution in [2.75, 3.05) is 6.54 Å². The fraction of sp³-hybridized carbons (Fsp3) is 0.200. The lowest BCUT2D eigenvalue weighted by Gasteiger charge is -2.11. The van der Waals surface area contributed by atoms with Crippen LogP contribution in [0.1, 0.15) is 18.2 Å². The maximum atomic E-state index is 13.4. The molecule has 8 heteroatoms. The zero-order valence-electron chi connectivity index (χ0n) is 15.4. The summed E-state index contributed by atoms with van der Waals surface area (Å²) < 4.78 is 24.4. The van der Waals surface area contributed by atoms with Crippen LogP contribution in [0.25, 0.3) is 0 Å². The molecule has 148 valence electrons. The van der Waals surface area contributed by atoms with Crippen LogP contribution in [0.5, 0.6) is 11.6 Å². The van der Waals surface area contributed by atoms with Crippen molar-refractivity contribution in [3.63, 3.8) is 0 Å². The molecular formula is C20H22FIN4O2. The lowest BCUT2D eigenvalue weighted by Crippen LogP contribution is -2.36. The second kappa shape index (κ2) is 11.3. The fourth-order valence-corrected chi connectivity index (χ4v) is 2.37. The van der Waals surface area contributed by atoms with E-state index in [1.165, 1.54) is 12.1 Å². The SMILES string of the molecule is CCNC(=NCc1cccnc1Oc1cccc(F)c1)NCc1ccco1.I. The van der Waals surface area contributed by atoms with Crippen LogP contribution < -0.4 is 15.4 Å². The molecule has 1 aromatic carbocycles. The first-order valence-electron chi connectivity index (χ1n) is 8.66. The summed E-state index contributed by atoms with van der Waals surface area (Å²) in [5, 5.41) is 6.38. The predicted octanol–water partition coefficient (Wildman–Crippen LogP) is 4.48. The molecule has 28 heavy (non-hydrogen) atoms. The van der Waals surface area contributed by atoms with Gasteiger partial charge in [0, 0.05) is 24.4 Å². The van der Waals surface area contributed by atoms with Gasteiger partial charge in [0.25, 0.3) is 0 Å². The van der Waals surface area contributed by atoms with E-state index in [2.05, 4.69) is 20.6 Å². The highest BCUT2D eigenvalue weighted by Gasteiger charge is 2.07. The molecule has 0 radical (unpaired) electrons. The normalized spacial score (nSPS) is 10.9. The summed E-state index contributed by atoms with van der Waals surface area (Å²) >= 11 is 0. The number of guanidine groups is 1. The molecule has 2 heterocycles. The lowest BCUT2D eigenvalue weighted by atomic mass is 10.2. The van der Waals surface area contributed by atoms with Gasteiger partial charge in [-0.3, -0.25) is 0 Å². The molecular weight excluding hydrogens is 474 g/mol. The van der Waals surface area contributed by atoms with Crippen LogP contribution in [0, 0.1) is 5.82 Å². The first-order chi connectivity index (χ1) is 13.2. The highest BCUT2D eigenvalue weighted by molar-refractivity contribution is 14.0. The van der Waals surface area contributed by atoms with Crippen molar-refractivity contribution in [1.82, 2.24) is 15.6 Å². The number of aromatic nitrogens is 1. The molecule has 3 aromatic rings. The maximum absolute atomic E-state index is 13.4. The highest BCUT2D eigenvalue weighted by atomic mass is 127. The molecule has 0 unspecified atom stereocenters. The number of hydrogen-bond donors (Lipinski definition) is 2. The van der Waals surface area contributed by atoms with Crippen LogP contribution in [0.4, 0.5) is 4.39 Å². The summed E-state index contributed by atoms with van der Waals surface area (Å²) in [6, 6.07) is 13.4. The molecule has 0 bridgehead atoms. The van der Waals surface area contributed by atoms with Gasteiger partial charge in [-0.25, -0.2) is 14.4 Å². The second-order valence-electron chi connectivity index (χ2n) is 5.66. The Kier molecular flexibility index (Phi) is 8.73. The van der Waals surface area contributed by atoms with Crippen LogP contribution in [0.3, 0.4) is 0 Å². The number of hydrogen-bond acceptors (Lipinski definition) is 4. The van der Waals surface area contributed by atoms with E-state index in [9.17, 15) is 4.39 Å². The van der Waals surface area contributed by atoms with Gasteiger partial charge >= 0.3 is 0 Å². The predicted molar refractivity (Wildman–Crippen MR) is 116 cm³/mol. The molecule has 0 saturated heterocycles. The number of aliphatic imine (C=N–C) groups is 1. The van der Waals surface area contributed by atoms with Crippen LogP contribution in [0.15, 0.2) is 70.4 Å². The molecule has 0 spiro atoms. The number of benzene rings is 1. The van der Waals surface area contributed by atoms with Gasteiger partial charge < -0.3 is 19.8 Å². The van der Waals surface area contributed by atoms with Crippen molar-refractivity contribution in [2.24, 2.45) is 4.99 Å². The highest BCUT2D eigenvalue weighted by Crippen LogP contribution is 2.23. The van der Waals surface area contributed by atoms with E-state index in [0.717, 1.165) is 17.9 Å².